The van der Waals surface area contributed by atoms with Gasteiger partial charge in [0.25, 0.3) is 0 Å². The summed E-state index contributed by atoms with van der Waals surface area (Å²) >= 11 is 5.80. The Kier molecular flexibility index (Phi) is 7.92. The molecule has 15 heavy (non-hydrogen) atoms. The van der Waals surface area contributed by atoms with Crippen LogP contribution in [-0.4, -0.2) is 50.6 Å². The molecule has 0 saturated carbocycles. The summed E-state index contributed by atoms with van der Waals surface area (Å²) in [5.41, 5.74) is 0. The van der Waals surface area contributed by atoms with Crippen molar-refractivity contribution in [2.75, 3.05) is 39.9 Å². The maximum atomic E-state index is 5.80. The highest BCUT2D eigenvalue weighted by atomic mass is 35.5. The molecule has 0 spiro atoms. The predicted molar refractivity (Wildman–Crippen MR) is 57.2 cm³/mol. The van der Waals surface area contributed by atoms with Crippen molar-refractivity contribution in [1.29, 1.82) is 0 Å². The van der Waals surface area contributed by atoms with Gasteiger partial charge >= 0.3 is 0 Å². The molecule has 1 heterocycles. The van der Waals surface area contributed by atoms with Gasteiger partial charge < -0.3 is 26.4 Å². The van der Waals surface area contributed by atoms with Crippen LogP contribution in [0.5, 0.6) is 0 Å². The van der Waals surface area contributed by atoms with Gasteiger partial charge in [-0.3, -0.25) is 0 Å². The van der Waals surface area contributed by atoms with Gasteiger partial charge in [-0.1, -0.05) is 11.6 Å². The summed E-state index contributed by atoms with van der Waals surface area (Å²) in [4.78, 5) is 0. The number of quaternary nitrogens is 1. The molecule has 0 aromatic carbocycles. The third-order valence-electron chi connectivity index (χ3n) is 2.46. The average molecular weight is 258 g/mol. The van der Waals surface area contributed by atoms with Crippen molar-refractivity contribution < 1.29 is 26.4 Å². The first-order valence-electron chi connectivity index (χ1n) is 5.25. The number of rotatable bonds is 5. The normalized spacial score (nSPS) is 22.2. The Morgan fingerprint density at radius 2 is 2.13 bits per heavy atom. The Morgan fingerprint density at radius 3 is 2.67 bits per heavy atom. The Hall–Kier alpha value is 0.460. The zero-order valence-electron chi connectivity index (χ0n) is 9.55. The van der Waals surface area contributed by atoms with Gasteiger partial charge in [0.2, 0.25) is 0 Å². The van der Waals surface area contributed by atoms with Crippen molar-refractivity contribution in [1.82, 2.24) is 0 Å². The molecule has 1 fully saturated rings. The summed E-state index contributed by atoms with van der Waals surface area (Å²) in [6.07, 6.45) is 3.45. The molecule has 1 saturated heterocycles. The van der Waals surface area contributed by atoms with Crippen molar-refractivity contribution in [3.8, 4) is 0 Å². The minimum atomic E-state index is 0. The molecule has 1 unspecified atom stereocenters. The lowest BCUT2D eigenvalue weighted by Crippen LogP contribution is -3.00. The van der Waals surface area contributed by atoms with Crippen LogP contribution in [0.2, 0.25) is 0 Å². The smallest absolute Gasteiger partial charge is 0.157 e. The lowest BCUT2D eigenvalue weighted by molar-refractivity contribution is -0.879. The molecule has 0 aliphatic carbocycles. The first-order valence-corrected chi connectivity index (χ1v) is 5.79. The second-order valence-corrected chi connectivity index (χ2v) is 4.68. The molecule has 0 aromatic rings. The fourth-order valence-electron chi connectivity index (χ4n) is 1.33. The molecule has 0 amide bonds. The van der Waals surface area contributed by atoms with Crippen LogP contribution in [0.4, 0.5) is 0 Å². The first-order chi connectivity index (χ1) is 6.64. The molecule has 0 radical (unpaired) electrons. The van der Waals surface area contributed by atoms with Crippen LogP contribution in [0.15, 0.2) is 0 Å². The molecule has 1 aliphatic heterocycles. The first kappa shape index (κ1) is 15.5. The number of likely N-dealkylation sites (N-methyl/N-ethyl adjacent to an activating group) is 1. The molecular formula is C10H21Cl2NO2. The largest absolute Gasteiger partial charge is 1.00 e. The zero-order valence-corrected chi connectivity index (χ0v) is 11.1. The average Bonchev–Trinajstić information content (AvgIpc) is 2.19. The van der Waals surface area contributed by atoms with Crippen molar-refractivity contribution in [2.24, 2.45) is 0 Å². The number of halogens is 2. The third-order valence-corrected chi connectivity index (χ3v) is 3.11. The maximum Gasteiger partial charge on any atom is 0.157 e. The molecule has 1 atom stereocenters. The Labute approximate surface area is 104 Å². The van der Waals surface area contributed by atoms with E-state index in [4.69, 9.17) is 21.1 Å². The van der Waals surface area contributed by atoms with Crippen LogP contribution < -0.4 is 12.4 Å². The molecule has 0 bridgehead atoms. The van der Waals surface area contributed by atoms with Gasteiger partial charge in [-0.15, -0.1) is 0 Å². The number of alkyl halides is 1. The fraction of sp³-hybridized carbons (Fsp3) is 1.00. The summed E-state index contributed by atoms with van der Waals surface area (Å²) in [6.45, 7) is 2.51. The van der Waals surface area contributed by atoms with E-state index in [1.54, 1.807) is 0 Å². The van der Waals surface area contributed by atoms with Gasteiger partial charge in [0.1, 0.15) is 6.54 Å². The lowest BCUT2D eigenvalue weighted by atomic mass is 10.2. The highest BCUT2D eigenvalue weighted by Gasteiger charge is 2.17. The Balaban J connectivity index is 0.00000196. The SMILES string of the molecule is C[N+](C)(CCl)CCOC1CCCCO1.[Cl-]. The minimum absolute atomic E-state index is 0. The molecule has 0 N–H and O–H groups in total. The number of hydrogen-bond donors (Lipinski definition) is 0. The molecule has 5 heteroatoms. The topological polar surface area (TPSA) is 18.5 Å². The highest BCUT2D eigenvalue weighted by Crippen LogP contribution is 2.13. The summed E-state index contributed by atoms with van der Waals surface area (Å²) in [5, 5.41) is 0. The van der Waals surface area contributed by atoms with Crippen molar-refractivity contribution in [2.45, 2.75) is 25.6 Å². The molecule has 3 nitrogen and oxygen atoms in total. The van der Waals surface area contributed by atoms with Crippen molar-refractivity contribution >= 4 is 11.6 Å². The lowest BCUT2D eigenvalue weighted by Gasteiger charge is -2.28. The van der Waals surface area contributed by atoms with Gasteiger partial charge in [0, 0.05) is 6.61 Å². The predicted octanol–water partition coefficient (Wildman–Crippen LogP) is -1.19. The number of ether oxygens (including phenoxy) is 2. The molecule has 92 valence electrons. The summed E-state index contributed by atoms with van der Waals surface area (Å²) in [7, 11) is 4.19. The van der Waals surface area contributed by atoms with Crippen LogP contribution in [-0.2, 0) is 9.47 Å². The molecule has 1 rings (SSSR count). The Morgan fingerprint density at radius 1 is 1.40 bits per heavy atom. The minimum Gasteiger partial charge on any atom is -1.00 e. The quantitative estimate of drug-likeness (QED) is 0.350. The van der Waals surface area contributed by atoms with Crippen molar-refractivity contribution in [3.63, 3.8) is 0 Å². The second-order valence-electron chi connectivity index (χ2n) is 4.45. The van der Waals surface area contributed by atoms with Gasteiger partial charge in [-0.05, 0) is 19.3 Å². The van der Waals surface area contributed by atoms with E-state index in [1.807, 2.05) is 0 Å². The van der Waals surface area contributed by atoms with Crippen molar-refractivity contribution in [3.05, 3.63) is 0 Å². The van der Waals surface area contributed by atoms with E-state index in [2.05, 4.69) is 14.1 Å². The van der Waals surface area contributed by atoms with Crippen LogP contribution in [0.3, 0.4) is 0 Å². The van der Waals surface area contributed by atoms with Gasteiger partial charge in [-0.2, -0.15) is 0 Å². The standard InChI is InChI=1S/C10H21ClNO2.ClH/c1-12(2,9-11)6-8-14-10-5-3-4-7-13-10;/h10H,3-9H2,1-2H3;1H/q+1;/p-1. The van der Waals surface area contributed by atoms with E-state index in [0.717, 1.165) is 30.7 Å². The number of hydrogen-bond acceptors (Lipinski definition) is 2. The summed E-state index contributed by atoms with van der Waals surface area (Å²) < 4.78 is 11.9. The molecular weight excluding hydrogens is 237 g/mol. The molecule has 0 aromatic heterocycles. The van der Waals surface area contributed by atoms with Crippen LogP contribution in [0, 0.1) is 0 Å². The van der Waals surface area contributed by atoms with E-state index in [-0.39, 0.29) is 18.7 Å². The van der Waals surface area contributed by atoms with Gasteiger partial charge in [-0.25, -0.2) is 0 Å². The van der Waals surface area contributed by atoms with E-state index < -0.39 is 0 Å². The molecule has 1 aliphatic rings. The van der Waals surface area contributed by atoms with Crippen LogP contribution >= 0.6 is 11.6 Å². The zero-order chi connectivity index (χ0) is 10.4. The van der Waals surface area contributed by atoms with Crippen LogP contribution in [0.25, 0.3) is 0 Å². The van der Waals surface area contributed by atoms with Gasteiger partial charge in [0.15, 0.2) is 12.3 Å². The van der Waals surface area contributed by atoms with Crippen LogP contribution in [0.1, 0.15) is 19.3 Å². The summed E-state index contributed by atoms with van der Waals surface area (Å²) in [5.74, 6) is 0. The Bertz CT molecular complexity index is 162. The van der Waals surface area contributed by atoms with Gasteiger partial charge in [0.05, 0.1) is 20.7 Å². The monoisotopic (exact) mass is 257 g/mol. The van der Waals surface area contributed by atoms with E-state index >= 15 is 0 Å². The highest BCUT2D eigenvalue weighted by molar-refractivity contribution is 6.16. The van der Waals surface area contributed by atoms with E-state index in [1.165, 1.54) is 12.8 Å². The van der Waals surface area contributed by atoms with E-state index in [0.29, 0.717) is 6.00 Å². The summed E-state index contributed by atoms with van der Waals surface area (Å²) in [6, 6.07) is 0.620. The second kappa shape index (κ2) is 7.69. The number of nitrogens with zero attached hydrogens (tertiary/aromatic N) is 1. The fourth-order valence-corrected chi connectivity index (χ4v) is 1.45. The van der Waals surface area contributed by atoms with E-state index in [9.17, 15) is 0 Å². The maximum absolute atomic E-state index is 5.80. The third kappa shape index (κ3) is 6.59.